The molecule has 18 heavy (non-hydrogen) atoms. The van der Waals surface area contributed by atoms with Crippen LogP contribution in [0.15, 0.2) is 35.0 Å². The van der Waals surface area contributed by atoms with Crippen molar-refractivity contribution in [3.8, 4) is 11.5 Å². The van der Waals surface area contributed by atoms with Crippen LogP contribution in [-0.4, -0.2) is 13.2 Å². The molecule has 2 aromatic rings. The molecular formula is C14H13ClO2S. The van der Waals surface area contributed by atoms with Crippen molar-refractivity contribution in [1.82, 2.24) is 0 Å². The van der Waals surface area contributed by atoms with Crippen molar-refractivity contribution in [2.75, 3.05) is 13.2 Å². The van der Waals surface area contributed by atoms with E-state index in [1.807, 2.05) is 18.2 Å². The minimum atomic E-state index is -0.0868. The van der Waals surface area contributed by atoms with E-state index in [0.717, 1.165) is 23.5 Å². The molecule has 0 saturated heterocycles. The smallest absolute Gasteiger partial charge is 0.166 e. The summed E-state index contributed by atoms with van der Waals surface area (Å²) in [6.45, 7) is 1.19. The summed E-state index contributed by atoms with van der Waals surface area (Å²) in [5.41, 5.74) is 2.27. The van der Waals surface area contributed by atoms with Gasteiger partial charge in [0, 0.05) is 5.56 Å². The summed E-state index contributed by atoms with van der Waals surface area (Å²) in [5.74, 6) is 1.61. The molecule has 3 rings (SSSR count). The van der Waals surface area contributed by atoms with Crippen LogP contribution in [0.5, 0.6) is 11.5 Å². The predicted molar refractivity (Wildman–Crippen MR) is 74.0 cm³/mol. The molecule has 0 N–H and O–H groups in total. The molecule has 1 aliphatic rings. The zero-order chi connectivity index (χ0) is 12.4. The number of fused-ring (bicyclic) bond motifs is 1. The van der Waals surface area contributed by atoms with E-state index in [9.17, 15) is 0 Å². The van der Waals surface area contributed by atoms with Gasteiger partial charge in [-0.2, -0.15) is 11.3 Å². The van der Waals surface area contributed by atoms with Crippen LogP contribution < -0.4 is 9.47 Å². The highest BCUT2D eigenvalue weighted by atomic mass is 35.5. The number of hydrogen-bond donors (Lipinski definition) is 0. The lowest BCUT2D eigenvalue weighted by Crippen LogP contribution is -2.17. The van der Waals surface area contributed by atoms with Gasteiger partial charge in [0.1, 0.15) is 13.2 Å². The molecule has 1 aromatic heterocycles. The van der Waals surface area contributed by atoms with E-state index < -0.39 is 0 Å². The van der Waals surface area contributed by atoms with Crippen molar-refractivity contribution in [2.45, 2.75) is 11.8 Å². The molecule has 0 aliphatic carbocycles. The molecule has 0 saturated carbocycles. The summed E-state index contributed by atoms with van der Waals surface area (Å²) in [4.78, 5) is 0. The van der Waals surface area contributed by atoms with Gasteiger partial charge in [0.15, 0.2) is 11.5 Å². The first-order valence-electron chi connectivity index (χ1n) is 5.88. The normalized spacial score (nSPS) is 15.4. The third kappa shape index (κ3) is 2.33. The van der Waals surface area contributed by atoms with E-state index >= 15 is 0 Å². The van der Waals surface area contributed by atoms with E-state index in [-0.39, 0.29) is 5.38 Å². The SMILES string of the molecule is ClC(Cc1ccsc1)c1cccc2c1OCCO2. The zero-order valence-corrected chi connectivity index (χ0v) is 11.3. The monoisotopic (exact) mass is 280 g/mol. The number of ether oxygens (including phenoxy) is 2. The van der Waals surface area contributed by atoms with Gasteiger partial charge in [-0.15, -0.1) is 11.6 Å². The first-order valence-corrected chi connectivity index (χ1v) is 7.26. The van der Waals surface area contributed by atoms with Crippen LogP contribution in [0.2, 0.25) is 0 Å². The Balaban J connectivity index is 1.87. The summed E-state index contributed by atoms with van der Waals surface area (Å²) in [5, 5.41) is 4.11. The van der Waals surface area contributed by atoms with Crippen LogP contribution >= 0.6 is 22.9 Å². The van der Waals surface area contributed by atoms with E-state index in [1.165, 1.54) is 5.56 Å². The predicted octanol–water partition coefficient (Wildman–Crippen LogP) is 4.04. The summed E-state index contributed by atoms with van der Waals surface area (Å²) < 4.78 is 11.3. The molecule has 2 nitrogen and oxygen atoms in total. The Labute approximate surface area is 115 Å². The number of thiophene rings is 1. The van der Waals surface area contributed by atoms with Gasteiger partial charge in [-0.05, 0) is 34.9 Å². The Hall–Kier alpha value is -1.19. The lowest BCUT2D eigenvalue weighted by Gasteiger charge is -2.22. The first kappa shape index (κ1) is 11.9. The fraction of sp³-hybridized carbons (Fsp3) is 0.286. The molecule has 0 spiro atoms. The van der Waals surface area contributed by atoms with E-state index in [1.54, 1.807) is 11.3 Å². The Morgan fingerprint density at radius 1 is 1.22 bits per heavy atom. The molecule has 4 heteroatoms. The minimum absolute atomic E-state index is 0.0868. The average Bonchev–Trinajstić information content (AvgIpc) is 2.91. The summed E-state index contributed by atoms with van der Waals surface area (Å²) in [7, 11) is 0. The third-order valence-corrected chi connectivity index (χ3v) is 4.05. The maximum absolute atomic E-state index is 6.50. The highest BCUT2D eigenvalue weighted by molar-refractivity contribution is 7.07. The molecule has 2 heterocycles. The standard InChI is InChI=1S/C14H13ClO2S/c15-12(8-10-4-7-18-9-10)11-2-1-3-13-14(11)17-6-5-16-13/h1-4,7,9,12H,5-6,8H2. The van der Waals surface area contributed by atoms with Crippen molar-refractivity contribution in [3.63, 3.8) is 0 Å². The molecule has 0 fully saturated rings. The molecule has 94 valence electrons. The maximum atomic E-state index is 6.50. The van der Waals surface area contributed by atoms with Gasteiger partial charge in [-0.1, -0.05) is 12.1 Å². The highest BCUT2D eigenvalue weighted by Crippen LogP contribution is 2.40. The van der Waals surface area contributed by atoms with Crippen molar-refractivity contribution in [2.24, 2.45) is 0 Å². The largest absolute Gasteiger partial charge is 0.486 e. The van der Waals surface area contributed by atoms with Gasteiger partial charge in [0.2, 0.25) is 0 Å². The van der Waals surface area contributed by atoms with Gasteiger partial charge in [0.25, 0.3) is 0 Å². The fourth-order valence-electron chi connectivity index (χ4n) is 2.07. The lowest BCUT2D eigenvalue weighted by atomic mass is 10.0. The van der Waals surface area contributed by atoms with E-state index in [2.05, 4.69) is 16.8 Å². The van der Waals surface area contributed by atoms with Crippen molar-refractivity contribution in [1.29, 1.82) is 0 Å². The number of hydrogen-bond acceptors (Lipinski definition) is 3. The molecule has 0 amide bonds. The highest BCUT2D eigenvalue weighted by Gasteiger charge is 2.20. The Bertz CT molecular complexity index is 525. The topological polar surface area (TPSA) is 18.5 Å². The summed E-state index contributed by atoms with van der Waals surface area (Å²) in [6, 6.07) is 8.00. The number of rotatable bonds is 3. The van der Waals surface area contributed by atoms with Crippen LogP contribution in [-0.2, 0) is 6.42 Å². The quantitative estimate of drug-likeness (QED) is 0.790. The van der Waals surface area contributed by atoms with Gasteiger partial charge in [-0.25, -0.2) is 0 Å². The molecule has 0 bridgehead atoms. The van der Waals surface area contributed by atoms with Crippen LogP contribution in [0, 0.1) is 0 Å². The fourth-order valence-corrected chi connectivity index (χ4v) is 3.10. The zero-order valence-electron chi connectivity index (χ0n) is 9.77. The second-order valence-corrected chi connectivity index (χ2v) is 5.48. The van der Waals surface area contributed by atoms with Crippen LogP contribution in [0.25, 0.3) is 0 Å². The van der Waals surface area contributed by atoms with Crippen molar-refractivity contribution in [3.05, 3.63) is 46.2 Å². The van der Waals surface area contributed by atoms with Crippen LogP contribution in [0.3, 0.4) is 0 Å². The lowest BCUT2D eigenvalue weighted by molar-refractivity contribution is 0.170. The van der Waals surface area contributed by atoms with E-state index in [0.29, 0.717) is 13.2 Å². The Morgan fingerprint density at radius 2 is 2.11 bits per heavy atom. The Kier molecular flexibility index (Phi) is 3.43. The molecule has 1 atom stereocenters. The van der Waals surface area contributed by atoms with Gasteiger partial charge < -0.3 is 9.47 Å². The number of benzene rings is 1. The van der Waals surface area contributed by atoms with Crippen molar-refractivity contribution < 1.29 is 9.47 Å². The van der Waals surface area contributed by atoms with Crippen LogP contribution in [0.1, 0.15) is 16.5 Å². The Morgan fingerprint density at radius 3 is 2.94 bits per heavy atom. The molecule has 0 radical (unpaired) electrons. The number of alkyl halides is 1. The van der Waals surface area contributed by atoms with Crippen LogP contribution in [0.4, 0.5) is 0 Å². The maximum Gasteiger partial charge on any atom is 0.166 e. The van der Waals surface area contributed by atoms with Crippen molar-refractivity contribution >= 4 is 22.9 Å². The van der Waals surface area contributed by atoms with Gasteiger partial charge >= 0.3 is 0 Å². The molecule has 1 unspecified atom stereocenters. The average molecular weight is 281 g/mol. The first-order chi connectivity index (χ1) is 8.84. The molecule has 1 aliphatic heterocycles. The second-order valence-electron chi connectivity index (χ2n) is 4.17. The number of halogens is 1. The number of para-hydroxylation sites is 1. The third-order valence-electron chi connectivity index (χ3n) is 2.93. The summed E-state index contributed by atoms with van der Waals surface area (Å²) in [6.07, 6.45) is 0.810. The minimum Gasteiger partial charge on any atom is -0.486 e. The van der Waals surface area contributed by atoms with Gasteiger partial charge in [0.05, 0.1) is 5.38 Å². The van der Waals surface area contributed by atoms with Gasteiger partial charge in [-0.3, -0.25) is 0 Å². The molecule has 1 aromatic carbocycles. The molecular weight excluding hydrogens is 268 g/mol. The summed E-state index contributed by atoms with van der Waals surface area (Å²) >= 11 is 8.19. The van der Waals surface area contributed by atoms with E-state index in [4.69, 9.17) is 21.1 Å². The second kappa shape index (κ2) is 5.21.